The topological polar surface area (TPSA) is 62.8 Å². The van der Waals surface area contributed by atoms with Crippen molar-refractivity contribution in [1.29, 1.82) is 0 Å². The van der Waals surface area contributed by atoms with E-state index in [0.29, 0.717) is 17.7 Å². The van der Waals surface area contributed by atoms with E-state index in [1.54, 1.807) is 31.2 Å². The monoisotopic (exact) mass is 398 g/mol. The maximum absolute atomic E-state index is 14.6. The number of aromatic nitrogens is 2. The standard InChI is InChI=1S/C18H14F4N2O2S/c1-9-4-3-5-10(6-9)15-16(24-18(23-15)17(21)22)11-7-13(20)14(8-12(11)19)27(2,25)26/h3-8,17H,1-2H3,(H,23,24). The maximum Gasteiger partial charge on any atom is 0.295 e. The molecule has 0 radical (unpaired) electrons. The molecule has 1 heterocycles. The number of nitrogens with one attached hydrogen (secondary N) is 1. The zero-order valence-electron chi connectivity index (χ0n) is 14.2. The Bertz CT molecular complexity index is 1120. The Morgan fingerprint density at radius 1 is 1.07 bits per heavy atom. The summed E-state index contributed by atoms with van der Waals surface area (Å²) in [4.78, 5) is 5.34. The summed E-state index contributed by atoms with van der Waals surface area (Å²) in [6, 6.07) is 7.91. The third-order valence-corrected chi connectivity index (χ3v) is 5.02. The van der Waals surface area contributed by atoms with Crippen LogP contribution in [-0.2, 0) is 9.84 Å². The number of sulfone groups is 1. The third-order valence-electron chi connectivity index (χ3n) is 3.91. The second-order valence-corrected chi connectivity index (χ2v) is 8.03. The summed E-state index contributed by atoms with van der Waals surface area (Å²) in [5, 5.41) is 0. The Labute approximate surface area is 152 Å². The van der Waals surface area contributed by atoms with Crippen molar-refractivity contribution in [2.45, 2.75) is 18.2 Å². The van der Waals surface area contributed by atoms with E-state index in [9.17, 15) is 26.0 Å². The average molecular weight is 398 g/mol. The van der Waals surface area contributed by atoms with E-state index in [4.69, 9.17) is 0 Å². The van der Waals surface area contributed by atoms with Gasteiger partial charge in [-0.05, 0) is 25.1 Å². The minimum absolute atomic E-state index is 0.0133. The number of aryl methyl sites for hydroxylation is 1. The molecule has 0 fully saturated rings. The van der Waals surface area contributed by atoms with E-state index in [-0.39, 0.29) is 11.4 Å². The molecule has 0 unspecified atom stereocenters. The first-order chi connectivity index (χ1) is 12.6. The number of halogens is 4. The highest BCUT2D eigenvalue weighted by Gasteiger charge is 2.24. The average Bonchev–Trinajstić information content (AvgIpc) is 3.01. The number of benzene rings is 2. The van der Waals surface area contributed by atoms with E-state index in [1.807, 2.05) is 0 Å². The second-order valence-electron chi connectivity index (χ2n) is 6.05. The number of aromatic amines is 1. The number of hydrogen-bond donors (Lipinski definition) is 1. The normalized spacial score (nSPS) is 12.0. The fourth-order valence-electron chi connectivity index (χ4n) is 2.70. The van der Waals surface area contributed by atoms with Gasteiger partial charge in [-0.25, -0.2) is 31.0 Å². The number of nitrogens with zero attached hydrogens (tertiary/aromatic N) is 1. The van der Waals surface area contributed by atoms with Crippen molar-refractivity contribution in [2.24, 2.45) is 0 Å². The summed E-state index contributed by atoms with van der Waals surface area (Å²) in [5.41, 5.74) is 0.710. The van der Waals surface area contributed by atoms with Gasteiger partial charge >= 0.3 is 0 Å². The SMILES string of the molecule is Cc1cccc(-c2nc(C(F)F)[nH]c2-c2cc(F)c(S(C)(=O)=O)cc2F)c1. The number of hydrogen-bond acceptors (Lipinski definition) is 3. The molecular weight excluding hydrogens is 384 g/mol. The molecule has 142 valence electrons. The molecule has 0 aliphatic carbocycles. The Morgan fingerprint density at radius 3 is 2.37 bits per heavy atom. The molecule has 0 atom stereocenters. The minimum atomic E-state index is -3.99. The highest BCUT2D eigenvalue weighted by Crippen LogP contribution is 2.35. The van der Waals surface area contributed by atoms with E-state index < -0.39 is 44.2 Å². The van der Waals surface area contributed by atoms with E-state index in [2.05, 4.69) is 9.97 Å². The molecule has 0 saturated carbocycles. The lowest BCUT2D eigenvalue weighted by atomic mass is 10.0. The predicted octanol–water partition coefficient (Wildman–Crippen LogP) is 4.67. The van der Waals surface area contributed by atoms with Gasteiger partial charge in [-0.2, -0.15) is 0 Å². The predicted molar refractivity (Wildman–Crippen MR) is 92.2 cm³/mol. The summed E-state index contributed by atoms with van der Waals surface area (Å²) in [6.45, 7) is 1.78. The van der Waals surface area contributed by atoms with Crippen LogP contribution in [0.2, 0.25) is 0 Å². The number of imidazole rings is 1. The smallest absolute Gasteiger partial charge is 0.295 e. The second kappa shape index (κ2) is 6.80. The molecule has 1 N–H and O–H groups in total. The lowest BCUT2D eigenvalue weighted by molar-refractivity contribution is 0.141. The number of alkyl halides is 2. The fraction of sp³-hybridized carbons (Fsp3) is 0.167. The molecule has 1 aromatic heterocycles. The Morgan fingerprint density at radius 2 is 1.78 bits per heavy atom. The highest BCUT2D eigenvalue weighted by atomic mass is 32.2. The van der Waals surface area contributed by atoms with Gasteiger partial charge < -0.3 is 4.98 Å². The van der Waals surface area contributed by atoms with Crippen LogP contribution in [0, 0.1) is 18.6 Å². The van der Waals surface area contributed by atoms with Crippen molar-refractivity contribution in [1.82, 2.24) is 9.97 Å². The van der Waals surface area contributed by atoms with Gasteiger partial charge in [-0.3, -0.25) is 0 Å². The fourth-order valence-corrected chi connectivity index (χ4v) is 3.43. The molecule has 0 saturated heterocycles. The summed E-state index contributed by atoms with van der Waals surface area (Å²) < 4.78 is 78.2. The lowest BCUT2D eigenvalue weighted by Gasteiger charge is -2.08. The Hall–Kier alpha value is -2.68. The van der Waals surface area contributed by atoms with Crippen LogP contribution in [0.25, 0.3) is 22.5 Å². The van der Waals surface area contributed by atoms with Crippen molar-refractivity contribution in [3.05, 3.63) is 59.4 Å². The van der Waals surface area contributed by atoms with E-state index in [1.165, 1.54) is 0 Å². The van der Waals surface area contributed by atoms with E-state index >= 15 is 0 Å². The number of H-pyrrole nitrogens is 1. The molecule has 4 nitrogen and oxygen atoms in total. The van der Waals surface area contributed by atoms with E-state index in [0.717, 1.165) is 11.8 Å². The van der Waals surface area contributed by atoms with Gasteiger partial charge in [0.1, 0.15) is 16.5 Å². The molecule has 27 heavy (non-hydrogen) atoms. The summed E-state index contributed by atoms with van der Waals surface area (Å²) in [5.74, 6) is -2.96. The lowest BCUT2D eigenvalue weighted by Crippen LogP contribution is -2.03. The van der Waals surface area contributed by atoms with Gasteiger partial charge in [-0.1, -0.05) is 23.8 Å². The van der Waals surface area contributed by atoms with Gasteiger partial charge in [-0.15, -0.1) is 0 Å². The first-order valence-corrected chi connectivity index (χ1v) is 9.61. The van der Waals surface area contributed by atoms with Crippen molar-refractivity contribution < 1.29 is 26.0 Å². The van der Waals surface area contributed by atoms with Crippen molar-refractivity contribution in [3.8, 4) is 22.5 Å². The van der Waals surface area contributed by atoms with Gasteiger partial charge in [0.15, 0.2) is 15.7 Å². The highest BCUT2D eigenvalue weighted by molar-refractivity contribution is 7.90. The third kappa shape index (κ3) is 3.73. The first-order valence-electron chi connectivity index (χ1n) is 7.72. The van der Waals surface area contributed by atoms with Crippen LogP contribution < -0.4 is 0 Å². The maximum atomic E-state index is 14.6. The number of rotatable bonds is 4. The molecule has 3 rings (SSSR count). The molecule has 2 aromatic carbocycles. The largest absolute Gasteiger partial charge is 0.337 e. The van der Waals surface area contributed by atoms with Gasteiger partial charge in [0.05, 0.1) is 11.4 Å². The van der Waals surface area contributed by atoms with Gasteiger partial charge in [0.2, 0.25) is 0 Å². The first kappa shape index (κ1) is 19.1. The summed E-state index contributed by atoms with van der Waals surface area (Å²) in [6.07, 6.45) is -2.21. The molecular formula is C18H14F4N2O2S. The molecule has 0 spiro atoms. The van der Waals surface area contributed by atoms with Crippen LogP contribution in [-0.4, -0.2) is 24.6 Å². The molecule has 0 amide bonds. The van der Waals surface area contributed by atoms with Crippen LogP contribution >= 0.6 is 0 Å². The van der Waals surface area contributed by atoms with Gasteiger partial charge in [0, 0.05) is 17.4 Å². The van der Waals surface area contributed by atoms with Crippen molar-refractivity contribution in [2.75, 3.05) is 6.26 Å². The van der Waals surface area contributed by atoms with Crippen LogP contribution in [0.15, 0.2) is 41.3 Å². The van der Waals surface area contributed by atoms with Gasteiger partial charge in [0.25, 0.3) is 6.43 Å². The van der Waals surface area contributed by atoms with Crippen LogP contribution in [0.4, 0.5) is 17.6 Å². The summed E-state index contributed by atoms with van der Waals surface area (Å²) >= 11 is 0. The quantitative estimate of drug-likeness (QED) is 0.650. The molecule has 0 aliphatic rings. The molecule has 3 aromatic rings. The zero-order chi connectivity index (χ0) is 19.9. The zero-order valence-corrected chi connectivity index (χ0v) is 15.0. The summed E-state index contributed by atoms with van der Waals surface area (Å²) in [7, 11) is -3.99. The van der Waals surface area contributed by atoms with Crippen LogP contribution in [0.1, 0.15) is 17.8 Å². The Balaban J connectivity index is 2.27. The Kier molecular flexibility index (Phi) is 4.81. The minimum Gasteiger partial charge on any atom is -0.337 e. The van der Waals surface area contributed by atoms with Crippen molar-refractivity contribution in [3.63, 3.8) is 0 Å². The molecule has 9 heteroatoms. The van der Waals surface area contributed by atoms with Crippen LogP contribution in [0.3, 0.4) is 0 Å². The van der Waals surface area contributed by atoms with Crippen molar-refractivity contribution >= 4 is 9.84 Å². The molecule has 0 aliphatic heterocycles. The molecule has 0 bridgehead atoms. The van der Waals surface area contributed by atoms with Crippen LogP contribution in [0.5, 0.6) is 0 Å².